The van der Waals surface area contributed by atoms with Crippen LogP contribution in [0.1, 0.15) is 44.7 Å². The van der Waals surface area contributed by atoms with Crippen molar-refractivity contribution in [3.63, 3.8) is 0 Å². The molecule has 0 amide bonds. The number of carbonyl (C=O) groups excluding carboxylic acids is 1. The van der Waals surface area contributed by atoms with Crippen LogP contribution >= 0.6 is 19.0 Å². The van der Waals surface area contributed by atoms with Crippen molar-refractivity contribution in [2.24, 2.45) is 0 Å². The zero-order chi connectivity index (χ0) is 16.5. The summed E-state index contributed by atoms with van der Waals surface area (Å²) in [6, 6.07) is 0. The molecule has 2 rings (SSSR count). The maximum atomic E-state index is 10.5. The summed E-state index contributed by atoms with van der Waals surface area (Å²) in [6.45, 7) is 5.72. The van der Waals surface area contributed by atoms with Crippen LogP contribution in [0.4, 0.5) is 0 Å². The molecule has 0 bridgehead atoms. The van der Waals surface area contributed by atoms with Crippen molar-refractivity contribution in [2.45, 2.75) is 39.0 Å². The van der Waals surface area contributed by atoms with Gasteiger partial charge in [0.05, 0.1) is 44.6 Å². The lowest BCUT2D eigenvalue weighted by Crippen LogP contribution is -2.14. The SMILES string of the molecule is CCCCCCOc1nsnc1C1=CCC[P+](C)(COC=O)C1. The molecule has 7 heteroatoms. The summed E-state index contributed by atoms with van der Waals surface area (Å²) in [7, 11) is -1.28. The number of hydrogen-bond acceptors (Lipinski definition) is 6. The van der Waals surface area contributed by atoms with E-state index in [2.05, 4.69) is 28.4 Å². The zero-order valence-corrected chi connectivity index (χ0v) is 15.7. The summed E-state index contributed by atoms with van der Waals surface area (Å²) in [6.07, 6.45) is 10.6. The van der Waals surface area contributed by atoms with Crippen LogP contribution in [0.15, 0.2) is 6.08 Å². The molecule has 0 saturated heterocycles. The highest BCUT2D eigenvalue weighted by atomic mass is 32.1. The Labute approximate surface area is 143 Å². The second kappa shape index (κ2) is 9.33. The molecule has 0 aliphatic carbocycles. The summed E-state index contributed by atoms with van der Waals surface area (Å²) < 4.78 is 19.7. The van der Waals surface area contributed by atoms with Crippen molar-refractivity contribution in [2.75, 3.05) is 31.9 Å². The molecule has 0 aromatic carbocycles. The minimum Gasteiger partial charge on any atom is -0.475 e. The smallest absolute Gasteiger partial charge is 0.296 e. The Kier molecular flexibility index (Phi) is 7.44. The number of hydrogen-bond donors (Lipinski definition) is 0. The quantitative estimate of drug-likeness (QED) is 0.359. The maximum Gasteiger partial charge on any atom is 0.296 e. The third-order valence-corrected chi connectivity index (χ3v) is 7.79. The summed E-state index contributed by atoms with van der Waals surface area (Å²) in [5.74, 6) is 0.669. The average Bonchev–Trinajstić information content (AvgIpc) is 3.01. The zero-order valence-electron chi connectivity index (χ0n) is 14.0. The molecule has 1 aliphatic rings. The lowest BCUT2D eigenvalue weighted by Gasteiger charge is -2.25. The van der Waals surface area contributed by atoms with E-state index in [-0.39, 0.29) is 0 Å². The largest absolute Gasteiger partial charge is 0.475 e. The fraction of sp³-hybridized carbons (Fsp3) is 0.688. The van der Waals surface area contributed by atoms with E-state index in [1.807, 2.05) is 0 Å². The molecule has 2 heterocycles. The molecule has 1 unspecified atom stereocenters. The molecule has 1 aromatic rings. The highest BCUT2D eigenvalue weighted by molar-refractivity contribution is 7.75. The van der Waals surface area contributed by atoms with Crippen LogP contribution in [-0.2, 0) is 9.53 Å². The predicted molar refractivity (Wildman–Crippen MR) is 96.7 cm³/mol. The summed E-state index contributed by atoms with van der Waals surface area (Å²) in [5, 5.41) is 0. The number of allylic oxidation sites excluding steroid dienone is 2. The minimum atomic E-state index is -1.28. The summed E-state index contributed by atoms with van der Waals surface area (Å²) in [4.78, 5) is 10.5. The lowest BCUT2D eigenvalue weighted by molar-refractivity contribution is -0.126. The first-order valence-electron chi connectivity index (χ1n) is 8.22. The van der Waals surface area contributed by atoms with Crippen molar-refractivity contribution in [3.8, 4) is 5.88 Å². The number of carbonyl (C=O) groups is 1. The molecule has 0 saturated carbocycles. The van der Waals surface area contributed by atoms with Crippen LogP contribution in [0.2, 0.25) is 0 Å². The minimum absolute atomic E-state index is 0.554. The van der Waals surface area contributed by atoms with Gasteiger partial charge < -0.3 is 9.47 Å². The Morgan fingerprint density at radius 3 is 3.00 bits per heavy atom. The van der Waals surface area contributed by atoms with E-state index in [0.717, 1.165) is 30.9 Å². The Morgan fingerprint density at radius 1 is 1.35 bits per heavy atom. The normalized spacial score (nSPS) is 20.9. The van der Waals surface area contributed by atoms with Crippen LogP contribution in [0.5, 0.6) is 5.88 Å². The molecule has 0 fully saturated rings. The Morgan fingerprint density at radius 2 is 2.22 bits per heavy atom. The van der Waals surface area contributed by atoms with Gasteiger partial charge in [-0.3, -0.25) is 4.79 Å². The van der Waals surface area contributed by atoms with Gasteiger partial charge >= 0.3 is 0 Å². The maximum absolute atomic E-state index is 10.5. The Bertz CT molecular complexity index is 535. The topological polar surface area (TPSA) is 61.3 Å². The molecule has 0 spiro atoms. The van der Waals surface area contributed by atoms with Crippen molar-refractivity contribution in [1.29, 1.82) is 0 Å². The van der Waals surface area contributed by atoms with E-state index in [9.17, 15) is 4.79 Å². The van der Waals surface area contributed by atoms with E-state index in [1.165, 1.54) is 36.6 Å². The van der Waals surface area contributed by atoms with Crippen LogP contribution in [0, 0.1) is 0 Å². The third kappa shape index (κ3) is 5.54. The fourth-order valence-electron chi connectivity index (χ4n) is 2.77. The first-order chi connectivity index (χ1) is 11.2. The lowest BCUT2D eigenvalue weighted by atomic mass is 10.2. The van der Waals surface area contributed by atoms with E-state index in [1.54, 1.807) is 0 Å². The van der Waals surface area contributed by atoms with Gasteiger partial charge in [-0.25, -0.2) is 0 Å². The highest BCUT2D eigenvalue weighted by Crippen LogP contribution is 2.60. The summed E-state index contributed by atoms with van der Waals surface area (Å²) in [5.41, 5.74) is 2.10. The average molecular weight is 357 g/mol. The molecule has 5 nitrogen and oxygen atoms in total. The fourth-order valence-corrected chi connectivity index (χ4v) is 5.95. The van der Waals surface area contributed by atoms with Crippen LogP contribution in [0.3, 0.4) is 0 Å². The number of ether oxygens (including phenoxy) is 2. The Hall–Kier alpha value is -1.00. The van der Waals surface area contributed by atoms with Gasteiger partial charge in [-0.15, -0.1) is 4.37 Å². The monoisotopic (exact) mass is 357 g/mol. The molecule has 1 aliphatic heterocycles. The number of aromatic nitrogens is 2. The second-order valence-electron chi connectivity index (χ2n) is 6.24. The van der Waals surface area contributed by atoms with Gasteiger partial charge in [0, 0.05) is 5.57 Å². The summed E-state index contributed by atoms with van der Waals surface area (Å²) >= 11 is 1.21. The van der Waals surface area contributed by atoms with E-state index in [0.29, 0.717) is 25.3 Å². The number of nitrogens with zero attached hydrogens (tertiary/aromatic N) is 2. The highest BCUT2D eigenvalue weighted by Gasteiger charge is 2.37. The van der Waals surface area contributed by atoms with Gasteiger partial charge in [0.2, 0.25) is 0 Å². The van der Waals surface area contributed by atoms with Crippen molar-refractivity contribution < 1.29 is 14.3 Å². The van der Waals surface area contributed by atoms with Crippen LogP contribution in [0.25, 0.3) is 5.57 Å². The first-order valence-corrected chi connectivity index (χ1v) is 11.7. The standard InChI is InChI=1S/C16H26N2O3PS/c1-3-4-5-6-9-21-16-15(17-23-18-16)14-8-7-10-22(2,11-14)13-20-12-19/h8,12H,3-7,9-11,13H2,1-2H3/q+1. The van der Waals surface area contributed by atoms with Crippen molar-refractivity contribution in [3.05, 3.63) is 11.8 Å². The molecular formula is C16H26N2O3PS+. The first kappa shape index (κ1) is 18.3. The van der Waals surface area contributed by atoms with Crippen molar-refractivity contribution in [1.82, 2.24) is 8.75 Å². The van der Waals surface area contributed by atoms with Gasteiger partial charge in [0.15, 0.2) is 6.35 Å². The van der Waals surface area contributed by atoms with E-state index in [4.69, 9.17) is 9.47 Å². The molecule has 128 valence electrons. The van der Waals surface area contributed by atoms with E-state index < -0.39 is 7.26 Å². The second-order valence-corrected chi connectivity index (χ2v) is 11.0. The predicted octanol–water partition coefficient (Wildman–Crippen LogP) is 4.06. The van der Waals surface area contributed by atoms with Crippen molar-refractivity contribution >= 4 is 31.0 Å². The number of rotatable bonds is 10. The van der Waals surface area contributed by atoms with Crippen LogP contribution < -0.4 is 4.74 Å². The molecule has 1 aromatic heterocycles. The van der Waals surface area contributed by atoms with Gasteiger partial charge in [0.25, 0.3) is 12.4 Å². The molecule has 1 atom stereocenters. The van der Waals surface area contributed by atoms with Gasteiger partial charge in [0.1, 0.15) is 5.69 Å². The molecule has 0 N–H and O–H groups in total. The molecule has 0 radical (unpaired) electrons. The molecular weight excluding hydrogens is 331 g/mol. The van der Waals surface area contributed by atoms with Gasteiger partial charge in [-0.1, -0.05) is 32.3 Å². The molecule has 23 heavy (non-hydrogen) atoms. The third-order valence-electron chi connectivity index (χ3n) is 4.07. The Balaban J connectivity index is 1.95. The number of unbranched alkanes of at least 4 members (excludes halogenated alkanes) is 3. The van der Waals surface area contributed by atoms with E-state index >= 15 is 0 Å². The van der Waals surface area contributed by atoms with Gasteiger partial charge in [-0.05, 0) is 12.8 Å². The van der Waals surface area contributed by atoms with Gasteiger partial charge in [-0.2, -0.15) is 4.37 Å². The van der Waals surface area contributed by atoms with Crippen LogP contribution in [-0.4, -0.2) is 47.2 Å².